The van der Waals surface area contributed by atoms with E-state index in [0.717, 1.165) is 5.56 Å². The summed E-state index contributed by atoms with van der Waals surface area (Å²) in [4.78, 5) is 13.3. The number of amides is 1. The zero-order valence-corrected chi connectivity index (χ0v) is 14.9. The van der Waals surface area contributed by atoms with E-state index in [1.54, 1.807) is 6.07 Å². The highest BCUT2D eigenvalue weighted by Gasteiger charge is 2.12. The predicted octanol–water partition coefficient (Wildman–Crippen LogP) is 2.33. The van der Waals surface area contributed by atoms with E-state index in [1.807, 2.05) is 16.8 Å². The van der Waals surface area contributed by atoms with Gasteiger partial charge in [-0.05, 0) is 34.4 Å². The summed E-state index contributed by atoms with van der Waals surface area (Å²) >= 11 is 1.51. The van der Waals surface area contributed by atoms with Crippen molar-refractivity contribution < 1.29 is 23.0 Å². The molecule has 2 aromatic heterocycles. The number of rotatable bonds is 8. The molecule has 27 heavy (non-hydrogen) atoms. The smallest absolute Gasteiger partial charge is 0.387 e. The van der Waals surface area contributed by atoms with Crippen LogP contribution < -0.4 is 14.8 Å². The second kappa shape index (κ2) is 8.54. The number of aromatic nitrogens is 4. The summed E-state index contributed by atoms with van der Waals surface area (Å²) in [7, 11) is 1.34. The molecule has 8 nitrogen and oxygen atoms in total. The molecular weight excluding hydrogens is 380 g/mol. The molecule has 0 unspecified atom stereocenters. The van der Waals surface area contributed by atoms with Gasteiger partial charge in [-0.25, -0.2) is 0 Å². The molecule has 0 fully saturated rings. The van der Waals surface area contributed by atoms with Crippen molar-refractivity contribution in [2.24, 2.45) is 0 Å². The lowest BCUT2D eigenvalue weighted by Crippen LogP contribution is -2.28. The maximum atomic E-state index is 12.3. The summed E-state index contributed by atoms with van der Waals surface area (Å²) in [5.74, 6) is 0.204. The maximum Gasteiger partial charge on any atom is 0.387 e. The van der Waals surface area contributed by atoms with E-state index in [0.29, 0.717) is 11.4 Å². The number of hydrogen-bond donors (Lipinski definition) is 1. The minimum absolute atomic E-state index is 0.0737. The van der Waals surface area contributed by atoms with Crippen molar-refractivity contribution in [3.8, 4) is 22.9 Å². The Morgan fingerprint density at radius 3 is 2.89 bits per heavy atom. The van der Waals surface area contributed by atoms with E-state index < -0.39 is 6.61 Å². The molecule has 0 saturated carbocycles. The molecule has 0 atom stereocenters. The number of methoxy groups -OCH3 is 1. The van der Waals surface area contributed by atoms with Gasteiger partial charge in [-0.3, -0.25) is 4.79 Å². The average molecular weight is 395 g/mol. The molecule has 0 saturated heterocycles. The molecule has 3 aromatic rings. The fourth-order valence-electron chi connectivity index (χ4n) is 2.22. The van der Waals surface area contributed by atoms with Gasteiger partial charge in [0.2, 0.25) is 11.7 Å². The number of carbonyl (C=O) groups is 1. The Kier molecular flexibility index (Phi) is 5.91. The van der Waals surface area contributed by atoms with Gasteiger partial charge in [0.1, 0.15) is 6.54 Å². The summed E-state index contributed by atoms with van der Waals surface area (Å²) in [6, 6.07) is 6.29. The van der Waals surface area contributed by atoms with Crippen LogP contribution in [0.3, 0.4) is 0 Å². The SMILES string of the molecule is COc1cc(CNC(=O)Cn2nnc(-c3ccsc3)n2)ccc1OC(F)F. The second-order valence-electron chi connectivity index (χ2n) is 5.30. The summed E-state index contributed by atoms with van der Waals surface area (Å²) in [5.41, 5.74) is 1.50. The molecule has 11 heteroatoms. The second-order valence-corrected chi connectivity index (χ2v) is 6.08. The van der Waals surface area contributed by atoms with Gasteiger partial charge in [-0.15, -0.1) is 10.2 Å². The average Bonchev–Trinajstić information content (AvgIpc) is 3.32. The number of nitrogens with one attached hydrogen (secondary N) is 1. The summed E-state index contributed by atoms with van der Waals surface area (Å²) in [6.45, 7) is -2.87. The van der Waals surface area contributed by atoms with Crippen LogP contribution in [0.25, 0.3) is 11.4 Å². The van der Waals surface area contributed by atoms with Crippen LogP contribution >= 0.6 is 11.3 Å². The standard InChI is InChI=1S/C16H15F2N5O3S/c1-25-13-6-10(2-3-12(13)26-16(17)18)7-19-14(24)8-23-21-15(20-22-23)11-4-5-27-9-11/h2-6,9,16H,7-8H2,1H3,(H,19,24). The molecule has 0 aliphatic heterocycles. The van der Waals surface area contributed by atoms with Gasteiger partial charge in [-0.2, -0.15) is 24.9 Å². The fourth-order valence-corrected chi connectivity index (χ4v) is 2.85. The van der Waals surface area contributed by atoms with Gasteiger partial charge in [0.05, 0.1) is 7.11 Å². The molecule has 1 amide bonds. The van der Waals surface area contributed by atoms with Crippen molar-refractivity contribution in [3.05, 3.63) is 40.6 Å². The first-order chi connectivity index (χ1) is 13.0. The first kappa shape index (κ1) is 18.7. The number of benzene rings is 1. The largest absolute Gasteiger partial charge is 0.493 e. The highest BCUT2D eigenvalue weighted by molar-refractivity contribution is 7.08. The number of ether oxygens (including phenoxy) is 2. The number of hydrogen-bond acceptors (Lipinski definition) is 7. The van der Waals surface area contributed by atoms with Crippen LogP contribution in [0.5, 0.6) is 11.5 Å². The lowest BCUT2D eigenvalue weighted by molar-refractivity contribution is -0.122. The molecule has 1 aromatic carbocycles. The summed E-state index contributed by atoms with van der Waals surface area (Å²) < 4.78 is 34.1. The maximum absolute atomic E-state index is 12.3. The minimum atomic E-state index is -2.95. The van der Waals surface area contributed by atoms with Gasteiger partial charge in [0.25, 0.3) is 0 Å². The highest BCUT2D eigenvalue weighted by Crippen LogP contribution is 2.29. The third kappa shape index (κ3) is 4.97. The lowest BCUT2D eigenvalue weighted by Gasteiger charge is -2.11. The summed E-state index contributed by atoms with van der Waals surface area (Å²) in [6.07, 6.45) is 0. The normalized spacial score (nSPS) is 10.8. The van der Waals surface area contributed by atoms with Crippen molar-refractivity contribution in [2.45, 2.75) is 19.7 Å². The zero-order valence-electron chi connectivity index (χ0n) is 14.1. The van der Waals surface area contributed by atoms with E-state index in [2.05, 4.69) is 25.5 Å². The van der Waals surface area contributed by atoms with Gasteiger partial charge in [0, 0.05) is 17.5 Å². The topological polar surface area (TPSA) is 91.2 Å². The van der Waals surface area contributed by atoms with E-state index in [4.69, 9.17) is 4.74 Å². The number of thiophene rings is 1. The number of carbonyl (C=O) groups excluding carboxylic acids is 1. The van der Waals surface area contributed by atoms with E-state index in [9.17, 15) is 13.6 Å². The number of nitrogens with zero attached hydrogens (tertiary/aromatic N) is 4. The Morgan fingerprint density at radius 1 is 1.33 bits per heavy atom. The molecule has 0 aliphatic carbocycles. The Labute approximate surface area is 156 Å². The fraction of sp³-hybridized carbons (Fsp3) is 0.250. The van der Waals surface area contributed by atoms with Crippen LogP contribution in [0, 0.1) is 0 Å². The molecule has 0 bridgehead atoms. The Hall–Kier alpha value is -3.08. The molecular formula is C16H15F2N5O3S. The van der Waals surface area contributed by atoms with E-state index in [1.165, 1.54) is 35.4 Å². The van der Waals surface area contributed by atoms with Crippen LogP contribution in [-0.2, 0) is 17.9 Å². The molecule has 2 heterocycles. The first-order valence-electron chi connectivity index (χ1n) is 7.74. The van der Waals surface area contributed by atoms with Gasteiger partial charge < -0.3 is 14.8 Å². The van der Waals surface area contributed by atoms with Crippen molar-refractivity contribution >= 4 is 17.2 Å². The Balaban J connectivity index is 1.56. The molecule has 0 spiro atoms. The molecule has 0 radical (unpaired) electrons. The van der Waals surface area contributed by atoms with Crippen molar-refractivity contribution in [1.82, 2.24) is 25.5 Å². The highest BCUT2D eigenvalue weighted by atomic mass is 32.1. The minimum Gasteiger partial charge on any atom is -0.493 e. The van der Waals surface area contributed by atoms with Crippen LogP contribution in [0.2, 0.25) is 0 Å². The van der Waals surface area contributed by atoms with Crippen LogP contribution in [0.4, 0.5) is 8.78 Å². The summed E-state index contributed by atoms with van der Waals surface area (Å²) in [5, 5.41) is 18.4. The van der Waals surface area contributed by atoms with Crippen LogP contribution in [0.1, 0.15) is 5.56 Å². The quantitative estimate of drug-likeness (QED) is 0.630. The van der Waals surface area contributed by atoms with Crippen LogP contribution in [-0.4, -0.2) is 39.8 Å². The molecule has 3 rings (SSSR count). The molecule has 1 N–H and O–H groups in total. The van der Waals surface area contributed by atoms with Gasteiger partial charge in [-0.1, -0.05) is 6.07 Å². The third-order valence-electron chi connectivity index (χ3n) is 3.45. The Bertz CT molecular complexity index is 901. The third-order valence-corrected chi connectivity index (χ3v) is 4.13. The van der Waals surface area contributed by atoms with Crippen molar-refractivity contribution in [3.63, 3.8) is 0 Å². The van der Waals surface area contributed by atoms with Gasteiger partial charge >= 0.3 is 6.61 Å². The number of tetrazole rings is 1. The number of halogens is 2. The van der Waals surface area contributed by atoms with E-state index in [-0.39, 0.29) is 30.5 Å². The van der Waals surface area contributed by atoms with Gasteiger partial charge in [0.15, 0.2) is 11.5 Å². The Morgan fingerprint density at radius 2 is 2.19 bits per heavy atom. The van der Waals surface area contributed by atoms with Crippen molar-refractivity contribution in [1.29, 1.82) is 0 Å². The molecule has 0 aliphatic rings. The lowest BCUT2D eigenvalue weighted by atomic mass is 10.2. The number of alkyl halides is 2. The van der Waals surface area contributed by atoms with Crippen molar-refractivity contribution in [2.75, 3.05) is 7.11 Å². The van der Waals surface area contributed by atoms with Crippen LogP contribution in [0.15, 0.2) is 35.0 Å². The monoisotopic (exact) mass is 395 g/mol. The van der Waals surface area contributed by atoms with E-state index >= 15 is 0 Å². The predicted molar refractivity (Wildman–Crippen MR) is 92.6 cm³/mol. The molecule has 142 valence electrons. The zero-order chi connectivity index (χ0) is 19.2. The first-order valence-corrected chi connectivity index (χ1v) is 8.68.